The number of aromatic nitrogens is 2. The molecule has 1 aromatic carbocycles. The molecule has 0 fully saturated rings. The quantitative estimate of drug-likeness (QED) is 0.794. The first-order valence-corrected chi connectivity index (χ1v) is 7.34. The fourth-order valence-electron chi connectivity index (χ4n) is 2.65. The number of fused-ring (bicyclic) bond motifs is 1. The SMILES string of the molecule is Cc1nc2ccccc2n1C(c1ccsc1)C(C)N. The van der Waals surface area contributed by atoms with Crippen LogP contribution in [0.2, 0.25) is 0 Å². The van der Waals surface area contributed by atoms with E-state index in [0.717, 1.165) is 16.9 Å². The van der Waals surface area contributed by atoms with Crippen molar-refractivity contribution in [3.05, 3.63) is 52.5 Å². The van der Waals surface area contributed by atoms with E-state index in [0.29, 0.717) is 0 Å². The maximum atomic E-state index is 6.24. The lowest BCUT2D eigenvalue weighted by Gasteiger charge is -2.24. The number of rotatable bonds is 3. The van der Waals surface area contributed by atoms with Gasteiger partial charge in [0.05, 0.1) is 17.1 Å². The van der Waals surface area contributed by atoms with Crippen LogP contribution in [-0.2, 0) is 0 Å². The van der Waals surface area contributed by atoms with Gasteiger partial charge >= 0.3 is 0 Å². The molecule has 4 heteroatoms. The highest BCUT2D eigenvalue weighted by atomic mass is 32.1. The van der Waals surface area contributed by atoms with Gasteiger partial charge in [0.25, 0.3) is 0 Å². The van der Waals surface area contributed by atoms with E-state index in [-0.39, 0.29) is 12.1 Å². The average Bonchev–Trinajstić information content (AvgIpc) is 2.99. The number of hydrogen-bond acceptors (Lipinski definition) is 3. The monoisotopic (exact) mass is 271 g/mol. The zero-order chi connectivity index (χ0) is 13.4. The van der Waals surface area contributed by atoms with Gasteiger partial charge in [-0.15, -0.1) is 0 Å². The van der Waals surface area contributed by atoms with Crippen molar-refractivity contribution in [2.24, 2.45) is 5.73 Å². The molecule has 0 spiro atoms. The number of aryl methyl sites for hydroxylation is 1. The second-order valence-electron chi connectivity index (χ2n) is 4.88. The zero-order valence-corrected chi connectivity index (χ0v) is 11.9. The Bertz CT molecular complexity index is 683. The molecule has 3 nitrogen and oxygen atoms in total. The molecule has 0 aliphatic rings. The number of hydrogen-bond donors (Lipinski definition) is 1. The van der Waals surface area contributed by atoms with Gasteiger partial charge < -0.3 is 10.3 Å². The Balaban J connectivity index is 2.23. The van der Waals surface area contributed by atoms with E-state index in [1.54, 1.807) is 11.3 Å². The lowest BCUT2D eigenvalue weighted by Crippen LogP contribution is -2.30. The Labute approximate surface area is 116 Å². The molecule has 2 unspecified atom stereocenters. The van der Waals surface area contributed by atoms with Crippen LogP contribution in [0.5, 0.6) is 0 Å². The van der Waals surface area contributed by atoms with E-state index in [2.05, 4.69) is 39.4 Å². The lowest BCUT2D eigenvalue weighted by atomic mass is 10.0. The van der Waals surface area contributed by atoms with Gasteiger partial charge in [0.1, 0.15) is 5.82 Å². The van der Waals surface area contributed by atoms with E-state index in [1.165, 1.54) is 5.56 Å². The number of imidazole rings is 1. The summed E-state index contributed by atoms with van der Waals surface area (Å²) in [5, 5.41) is 4.27. The van der Waals surface area contributed by atoms with Crippen LogP contribution in [0.4, 0.5) is 0 Å². The largest absolute Gasteiger partial charge is 0.326 e. The highest BCUT2D eigenvalue weighted by molar-refractivity contribution is 7.08. The highest BCUT2D eigenvalue weighted by Gasteiger charge is 2.22. The van der Waals surface area contributed by atoms with Gasteiger partial charge in [-0.1, -0.05) is 12.1 Å². The van der Waals surface area contributed by atoms with Crippen LogP contribution in [0.1, 0.15) is 24.4 Å². The average molecular weight is 271 g/mol. The molecule has 0 saturated carbocycles. The maximum absolute atomic E-state index is 6.24. The van der Waals surface area contributed by atoms with Gasteiger partial charge in [0.15, 0.2) is 0 Å². The van der Waals surface area contributed by atoms with Crippen molar-refractivity contribution in [2.75, 3.05) is 0 Å². The first kappa shape index (κ1) is 12.4. The molecule has 2 N–H and O–H groups in total. The van der Waals surface area contributed by atoms with E-state index in [4.69, 9.17) is 5.73 Å². The second-order valence-corrected chi connectivity index (χ2v) is 5.66. The van der Waals surface area contributed by atoms with Crippen molar-refractivity contribution >= 4 is 22.4 Å². The van der Waals surface area contributed by atoms with Gasteiger partial charge in [0, 0.05) is 6.04 Å². The predicted octanol–water partition coefficient (Wildman–Crippen LogP) is 3.34. The van der Waals surface area contributed by atoms with Crippen molar-refractivity contribution in [1.82, 2.24) is 9.55 Å². The molecule has 98 valence electrons. The third-order valence-corrected chi connectivity index (χ3v) is 4.13. The summed E-state index contributed by atoms with van der Waals surface area (Å²) in [5.41, 5.74) is 9.67. The molecule has 0 saturated heterocycles. The molecule has 0 aliphatic heterocycles. The fourth-order valence-corrected chi connectivity index (χ4v) is 3.34. The van der Waals surface area contributed by atoms with Crippen molar-refractivity contribution in [3.8, 4) is 0 Å². The van der Waals surface area contributed by atoms with Crippen molar-refractivity contribution in [3.63, 3.8) is 0 Å². The number of nitrogens with zero attached hydrogens (tertiary/aromatic N) is 2. The molecule has 19 heavy (non-hydrogen) atoms. The molecule has 2 heterocycles. The second kappa shape index (κ2) is 4.79. The van der Waals surface area contributed by atoms with Crippen LogP contribution in [-0.4, -0.2) is 15.6 Å². The summed E-state index contributed by atoms with van der Waals surface area (Å²) in [7, 11) is 0. The number of para-hydroxylation sites is 2. The summed E-state index contributed by atoms with van der Waals surface area (Å²) in [6, 6.07) is 10.5. The van der Waals surface area contributed by atoms with Crippen molar-refractivity contribution in [1.29, 1.82) is 0 Å². The van der Waals surface area contributed by atoms with Crippen LogP contribution >= 0.6 is 11.3 Å². The normalized spacial score (nSPS) is 14.7. The third kappa shape index (κ3) is 2.07. The summed E-state index contributed by atoms with van der Waals surface area (Å²) in [6.45, 7) is 4.10. The minimum Gasteiger partial charge on any atom is -0.326 e. The summed E-state index contributed by atoms with van der Waals surface area (Å²) < 4.78 is 2.25. The standard InChI is InChI=1S/C15H17N3S/c1-10(16)15(12-7-8-19-9-12)18-11(2)17-13-5-3-4-6-14(13)18/h3-10,15H,16H2,1-2H3. The van der Waals surface area contributed by atoms with Crippen LogP contribution in [0.15, 0.2) is 41.1 Å². The van der Waals surface area contributed by atoms with Gasteiger partial charge in [-0.25, -0.2) is 4.98 Å². The minimum atomic E-state index is 0.0332. The van der Waals surface area contributed by atoms with Crippen molar-refractivity contribution in [2.45, 2.75) is 25.9 Å². The summed E-state index contributed by atoms with van der Waals surface area (Å²) in [6.07, 6.45) is 0. The molecule has 2 aromatic heterocycles. The molecular weight excluding hydrogens is 254 g/mol. The highest BCUT2D eigenvalue weighted by Crippen LogP contribution is 2.29. The van der Waals surface area contributed by atoms with Gasteiger partial charge in [-0.3, -0.25) is 0 Å². The summed E-state index contributed by atoms with van der Waals surface area (Å²) in [5.74, 6) is 1.01. The van der Waals surface area contributed by atoms with E-state index in [1.807, 2.05) is 25.1 Å². The fraction of sp³-hybridized carbons (Fsp3) is 0.267. The van der Waals surface area contributed by atoms with Gasteiger partial charge in [0.2, 0.25) is 0 Å². The van der Waals surface area contributed by atoms with E-state index < -0.39 is 0 Å². The van der Waals surface area contributed by atoms with Gasteiger partial charge in [-0.05, 0) is 48.4 Å². The Kier molecular flexibility index (Phi) is 3.12. The molecule has 0 aliphatic carbocycles. The summed E-state index contributed by atoms with van der Waals surface area (Å²) in [4.78, 5) is 4.64. The van der Waals surface area contributed by atoms with Crippen molar-refractivity contribution < 1.29 is 0 Å². The van der Waals surface area contributed by atoms with E-state index >= 15 is 0 Å². The molecule has 0 amide bonds. The topological polar surface area (TPSA) is 43.8 Å². The number of thiophene rings is 1. The Morgan fingerprint density at radius 2 is 2.05 bits per heavy atom. The first-order valence-electron chi connectivity index (χ1n) is 6.39. The first-order chi connectivity index (χ1) is 9.18. The lowest BCUT2D eigenvalue weighted by molar-refractivity contribution is 0.499. The molecule has 0 radical (unpaired) electrons. The third-order valence-electron chi connectivity index (χ3n) is 3.43. The van der Waals surface area contributed by atoms with Crippen LogP contribution in [0, 0.1) is 6.92 Å². The molecular formula is C15H17N3S. The summed E-state index contributed by atoms with van der Waals surface area (Å²) >= 11 is 1.70. The molecule has 2 atom stereocenters. The van der Waals surface area contributed by atoms with Crippen LogP contribution in [0.25, 0.3) is 11.0 Å². The molecule has 0 bridgehead atoms. The Morgan fingerprint density at radius 1 is 1.26 bits per heavy atom. The Hall–Kier alpha value is -1.65. The zero-order valence-electron chi connectivity index (χ0n) is 11.1. The smallest absolute Gasteiger partial charge is 0.107 e. The molecule has 3 aromatic rings. The van der Waals surface area contributed by atoms with Crippen LogP contribution in [0.3, 0.4) is 0 Å². The minimum absolute atomic E-state index is 0.0332. The maximum Gasteiger partial charge on any atom is 0.107 e. The molecule has 3 rings (SSSR count). The van der Waals surface area contributed by atoms with E-state index in [9.17, 15) is 0 Å². The van der Waals surface area contributed by atoms with Gasteiger partial charge in [-0.2, -0.15) is 11.3 Å². The number of benzene rings is 1. The number of nitrogens with two attached hydrogens (primary N) is 1. The predicted molar refractivity (Wildman–Crippen MR) is 80.6 cm³/mol. The Morgan fingerprint density at radius 3 is 2.74 bits per heavy atom. The van der Waals surface area contributed by atoms with Crippen LogP contribution < -0.4 is 5.73 Å².